The summed E-state index contributed by atoms with van der Waals surface area (Å²) >= 11 is 0. The molecule has 0 fully saturated rings. The third-order valence-corrected chi connectivity index (χ3v) is 3.60. The van der Waals surface area contributed by atoms with Crippen molar-refractivity contribution in [1.29, 1.82) is 0 Å². The molecule has 0 aliphatic carbocycles. The van der Waals surface area contributed by atoms with Gasteiger partial charge in [-0.3, -0.25) is 10.1 Å². The van der Waals surface area contributed by atoms with Crippen LogP contribution in [-0.2, 0) is 11.3 Å². The third kappa shape index (κ3) is 5.43. The number of rotatable bonds is 9. The molecule has 0 radical (unpaired) electrons. The molecule has 0 aliphatic rings. The summed E-state index contributed by atoms with van der Waals surface area (Å²) in [6.07, 6.45) is 5.41. The zero-order valence-electron chi connectivity index (χ0n) is 12.1. The second-order valence-electron chi connectivity index (χ2n) is 5.35. The molecular weight excluding hydrogens is 236 g/mol. The van der Waals surface area contributed by atoms with Crippen LogP contribution >= 0.6 is 0 Å². The van der Waals surface area contributed by atoms with Crippen molar-refractivity contribution in [3.05, 3.63) is 35.9 Å². The number of hydrogen-bond donors (Lipinski definition) is 2. The number of hydrogen-bond acceptors (Lipinski definition) is 2. The molecule has 1 unspecified atom stereocenters. The average molecular weight is 262 g/mol. The van der Waals surface area contributed by atoms with Crippen molar-refractivity contribution in [3.8, 4) is 0 Å². The molecule has 0 spiro atoms. The number of nitrogens with two attached hydrogens (primary N) is 1. The zero-order chi connectivity index (χ0) is 14.1. The Morgan fingerprint density at radius 3 is 2.47 bits per heavy atom. The summed E-state index contributed by atoms with van der Waals surface area (Å²) < 4.78 is 0. The predicted octanol–water partition coefficient (Wildman–Crippen LogP) is 2.99. The summed E-state index contributed by atoms with van der Waals surface area (Å²) in [5.74, 6) is -0.264. The lowest BCUT2D eigenvalue weighted by atomic mass is 9.93. The SMILES string of the molecule is CCCCCCC(C)(NCc1ccccc1)C(N)=O. The van der Waals surface area contributed by atoms with Crippen molar-refractivity contribution in [2.75, 3.05) is 0 Å². The highest BCUT2D eigenvalue weighted by atomic mass is 16.1. The molecule has 0 heterocycles. The molecule has 1 rings (SSSR count). The Morgan fingerprint density at radius 1 is 1.21 bits per heavy atom. The van der Waals surface area contributed by atoms with Gasteiger partial charge in [-0.25, -0.2) is 0 Å². The van der Waals surface area contributed by atoms with Crippen LogP contribution in [0.25, 0.3) is 0 Å². The Morgan fingerprint density at radius 2 is 1.89 bits per heavy atom. The first-order valence-electron chi connectivity index (χ1n) is 7.17. The van der Waals surface area contributed by atoms with Crippen LogP contribution in [0, 0.1) is 0 Å². The van der Waals surface area contributed by atoms with Gasteiger partial charge in [0.05, 0.1) is 5.54 Å². The summed E-state index contributed by atoms with van der Waals surface area (Å²) in [6, 6.07) is 10.1. The highest BCUT2D eigenvalue weighted by Crippen LogP contribution is 2.16. The minimum Gasteiger partial charge on any atom is -0.368 e. The smallest absolute Gasteiger partial charge is 0.237 e. The van der Waals surface area contributed by atoms with Crippen LogP contribution in [0.3, 0.4) is 0 Å². The van der Waals surface area contributed by atoms with Crippen molar-refractivity contribution in [3.63, 3.8) is 0 Å². The van der Waals surface area contributed by atoms with E-state index in [1.165, 1.54) is 18.4 Å². The van der Waals surface area contributed by atoms with Crippen LogP contribution in [0.4, 0.5) is 0 Å². The summed E-state index contributed by atoms with van der Waals surface area (Å²) in [6.45, 7) is 4.76. The summed E-state index contributed by atoms with van der Waals surface area (Å²) in [5.41, 5.74) is 6.11. The maximum atomic E-state index is 11.7. The van der Waals surface area contributed by atoms with Gasteiger partial charge in [-0.1, -0.05) is 62.9 Å². The van der Waals surface area contributed by atoms with E-state index in [2.05, 4.69) is 12.2 Å². The van der Waals surface area contributed by atoms with Crippen LogP contribution in [0.15, 0.2) is 30.3 Å². The number of carbonyl (C=O) groups excluding carboxylic acids is 1. The van der Waals surface area contributed by atoms with Crippen LogP contribution in [-0.4, -0.2) is 11.4 Å². The van der Waals surface area contributed by atoms with Crippen LogP contribution < -0.4 is 11.1 Å². The number of primary amides is 1. The lowest BCUT2D eigenvalue weighted by Crippen LogP contribution is -2.52. The maximum absolute atomic E-state index is 11.7. The quantitative estimate of drug-likeness (QED) is 0.672. The Hall–Kier alpha value is -1.35. The van der Waals surface area contributed by atoms with Gasteiger partial charge in [0.25, 0.3) is 0 Å². The molecule has 106 valence electrons. The molecule has 3 nitrogen and oxygen atoms in total. The van der Waals surface area contributed by atoms with E-state index >= 15 is 0 Å². The Balaban J connectivity index is 2.49. The van der Waals surface area contributed by atoms with Crippen molar-refractivity contribution in [1.82, 2.24) is 5.32 Å². The van der Waals surface area contributed by atoms with Crippen molar-refractivity contribution < 1.29 is 4.79 Å². The molecule has 1 aromatic rings. The number of unbranched alkanes of at least 4 members (excludes halogenated alkanes) is 3. The molecule has 0 bridgehead atoms. The maximum Gasteiger partial charge on any atom is 0.237 e. The summed E-state index contributed by atoms with van der Waals surface area (Å²) in [5, 5.41) is 3.31. The van der Waals surface area contributed by atoms with Gasteiger partial charge in [-0.15, -0.1) is 0 Å². The number of amides is 1. The number of carbonyl (C=O) groups is 1. The largest absolute Gasteiger partial charge is 0.368 e. The fourth-order valence-electron chi connectivity index (χ4n) is 2.10. The van der Waals surface area contributed by atoms with E-state index in [1.807, 2.05) is 37.3 Å². The first-order valence-corrected chi connectivity index (χ1v) is 7.17. The zero-order valence-corrected chi connectivity index (χ0v) is 12.1. The molecule has 1 aromatic carbocycles. The molecule has 1 amide bonds. The van der Waals surface area contributed by atoms with E-state index in [0.717, 1.165) is 19.3 Å². The first-order chi connectivity index (χ1) is 9.08. The second kappa shape index (κ2) is 7.95. The fourth-order valence-corrected chi connectivity index (χ4v) is 2.10. The standard InChI is InChI=1S/C16H26N2O/c1-3-4-5-9-12-16(2,15(17)19)18-13-14-10-7-6-8-11-14/h6-8,10-11,18H,3-5,9,12-13H2,1-2H3,(H2,17,19). The van der Waals surface area contributed by atoms with Gasteiger partial charge in [0, 0.05) is 6.54 Å². The molecule has 0 saturated heterocycles. The molecule has 3 heteroatoms. The Labute approximate surface area is 116 Å². The van der Waals surface area contributed by atoms with E-state index in [0.29, 0.717) is 6.54 Å². The monoisotopic (exact) mass is 262 g/mol. The van der Waals surface area contributed by atoms with Crippen LogP contribution in [0.5, 0.6) is 0 Å². The third-order valence-electron chi connectivity index (χ3n) is 3.60. The van der Waals surface area contributed by atoms with Gasteiger partial charge in [0.2, 0.25) is 5.91 Å². The topological polar surface area (TPSA) is 55.1 Å². The lowest BCUT2D eigenvalue weighted by molar-refractivity contribution is -0.124. The van der Waals surface area contributed by atoms with E-state index in [-0.39, 0.29) is 5.91 Å². The first kappa shape index (κ1) is 15.7. The molecule has 19 heavy (non-hydrogen) atoms. The van der Waals surface area contributed by atoms with Gasteiger partial charge < -0.3 is 5.73 Å². The van der Waals surface area contributed by atoms with Crippen molar-refractivity contribution in [2.24, 2.45) is 5.73 Å². The molecule has 3 N–H and O–H groups in total. The molecule has 0 aromatic heterocycles. The summed E-state index contributed by atoms with van der Waals surface area (Å²) in [4.78, 5) is 11.7. The van der Waals surface area contributed by atoms with Crippen LogP contribution in [0.1, 0.15) is 51.5 Å². The molecule has 0 saturated carbocycles. The van der Waals surface area contributed by atoms with Crippen molar-refractivity contribution in [2.45, 2.75) is 58.0 Å². The fraction of sp³-hybridized carbons (Fsp3) is 0.562. The second-order valence-corrected chi connectivity index (χ2v) is 5.35. The normalized spacial score (nSPS) is 14.0. The molecular formula is C16H26N2O. The average Bonchev–Trinajstić information content (AvgIpc) is 2.42. The highest BCUT2D eigenvalue weighted by molar-refractivity contribution is 5.84. The van der Waals surface area contributed by atoms with Crippen molar-refractivity contribution >= 4 is 5.91 Å². The van der Waals surface area contributed by atoms with Crippen LogP contribution in [0.2, 0.25) is 0 Å². The predicted molar refractivity (Wildman–Crippen MR) is 79.6 cm³/mol. The van der Waals surface area contributed by atoms with Gasteiger partial charge in [-0.2, -0.15) is 0 Å². The van der Waals surface area contributed by atoms with E-state index in [1.54, 1.807) is 0 Å². The molecule has 0 aliphatic heterocycles. The Kier molecular flexibility index (Phi) is 6.57. The van der Waals surface area contributed by atoms with Gasteiger partial charge >= 0.3 is 0 Å². The van der Waals surface area contributed by atoms with E-state index in [4.69, 9.17) is 5.73 Å². The number of nitrogens with one attached hydrogen (secondary N) is 1. The summed E-state index contributed by atoms with van der Waals surface area (Å²) in [7, 11) is 0. The molecule has 1 atom stereocenters. The minimum absolute atomic E-state index is 0.264. The van der Waals surface area contributed by atoms with E-state index in [9.17, 15) is 4.79 Å². The van der Waals surface area contributed by atoms with Gasteiger partial charge in [-0.05, 0) is 18.9 Å². The minimum atomic E-state index is -0.608. The van der Waals surface area contributed by atoms with Gasteiger partial charge in [0.15, 0.2) is 0 Å². The highest BCUT2D eigenvalue weighted by Gasteiger charge is 2.29. The Bertz CT molecular complexity index is 378. The van der Waals surface area contributed by atoms with E-state index < -0.39 is 5.54 Å². The van der Waals surface area contributed by atoms with Gasteiger partial charge in [0.1, 0.15) is 0 Å². The lowest BCUT2D eigenvalue weighted by Gasteiger charge is -2.27. The number of benzene rings is 1.